The molecule has 12 aliphatic carbocycles. The van der Waals surface area contributed by atoms with Crippen molar-refractivity contribution in [3.63, 3.8) is 0 Å². The molecule has 2 aliphatic heterocycles. The van der Waals surface area contributed by atoms with Crippen LogP contribution in [0.25, 0.3) is 0 Å². The summed E-state index contributed by atoms with van der Waals surface area (Å²) in [5.74, 6) is -5.41. The molecular weight excluding hydrogens is 1180 g/mol. The van der Waals surface area contributed by atoms with E-state index in [2.05, 4.69) is 6.92 Å². The van der Waals surface area contributed by atoms with Gasteiger partial charge in [-0.3, -0.25) is 28.8 Å². The quantitative estimate of drug-likeness (QED) is 0.138. The molecule has 6 N–H and O–H groups in total. The summed E-state index contributed by atoms with van der Waals surface area (Å²) in [5.41, 5.74) is -11.5. The van der Waals surface area contributed by atoms with Gasteiger partial charge in [0.1, 0.15) is 30.7 Å². The fraction of sp³-hybridized carbons (Fsp3) is 0.797. The number of rotatable bonds is 6. The van der Waals surface area contributed by atoms with Crippen molar-refractivity contribution in [3.05, 3.63) is 47.1 Å². The van der Waals surface area contributed by atoms with Crippen LogP contribution >= 0.6 is 11.6 Å². The number of Topliss-reactive ketones (excluding diaryl/α,β-unsaturated/α-hetero) is 3. The van der Waals surface area contributed by atoms with E-state index in [-0.39, 0.29) is 83.6 Å². The van der Waals surface area contributed by atoms with E-state index in [9.17, 15) is 59.4 Å². The monoisotopic (exact) mass is 1270 g/mol. The number of ketones is 6. The fourth-order valence-electron chi connectivity index (χ4n) is 23.5. The van der Waals surface area contributed by atoms with Gasteiger partial charge in [-0.05, 0) is 189 Å². The van der Waals surface area contributed by atoms with Crippen LogP contribution in [0.3, 0.4) is 0 Å². The molecular formula is C69H92ClF3O16. The number of fused-ring (bicyclic) bond motifs is 19. The van der Waals surface area contributed by atoms with Gasteiger partial charge in [0.25, 0.3) is 0 Å². The molecule has 24 atom stereocenters. The molecule has 16 nitrogen and oxygen atoms in total. The maximum atomic E-state index is 17.2. The predicted molar refractivity (Wildman–Crippen MR) is 316 cm³/mol. The van der Waals surface area contributed by atoms with Crippen LogP contribution in [0.2, 0.25) is 0 Å². The Morgan fingerprint density at radius 1 is 0.607 bits per heavy atom. The fourth-order valence-corrected chi connectivity index (χ4v) is 23.7. The zero-order chi connectivity index (χ0) is 65.0. The van der Waals surface area contributed by atoms with Crippen molar-refractivity contribution < 1.29 is 91.5 Å². The summed E-state index contributed by atoms with van der Waals surface area (Å²) in [5, 5.41) is 64.3. The summed E-state index contributed by atoms with van der Waals surface area (Å²) in [6.07, 6.45) is 7.86. The van der Waals surface area contributed by atoms with E-state index >= 15 is 13.2 Å². The van der Waals surface area contributed by atoms with E-state index < -0.39 is 152 Å². The van der Waals surface area contributed by atoms with E-state index in [4.69, 9.17) is 30.5 Å². The summed E-state index contributed by atoms with van der Waals surface area (Å²) in [6.45, 7) is 16.7. The van der Waals surface area contributed by atoms with Crippen LogP contribution < -0.4 is 0 Å². The van der Waals surface area contributed by atoms with Crippen LogP contribution in [0, 0.1) is 73.9 Å². The zero-order valence-electron chi connectivity index (χ0n) is 53.1. The van der Waals surface area contributed by atoms with Gasteiger partial charge in [0, 0.05) is 51.8 Å². The molecule has 0 radical (unpaired) electrons. The Hall–Kier alpha value is -3.34. The lowest BCUT2D eigenvalue weighted by atomic mass is 9.44. The first-order chi connectivity index (χ1) is 41.3. The van der Waals surface area contributed by atoms with Gasteiger partial charge in [-0.25, -0.2) is 13.2 Å². The molecule has 2 saturated heterocycles. The molecule has 0 amide bonds. The predicted octanol–water partition coefficient (Wildman–Crippen LogP) is 8.04. The maximum Gasteiger partial charge on any atom is 0.193 e. The average Bonchev–Trinajstić information content (AvgIpc) is 1.55. The molecule has 9 saturated carbocycles. The van der Waals surface area contributed by atoms with Gasteiger partial charge in [0.15, 0.2) is 63.1 Å². The third-order valence-corrected chi connectivity index (χ3v) is 27.6. The molecule has 0 aromatic rings. The van der Waals surface area contributed by atoms with E-state index in [0.717, 1.165) is 37.3 Å². The lowest BCUT2D eigenvalue weighted by molar-refractivity contribution is -0.250. The minimum absolute atomic E-state index is 0.0377. The van der Waals surface area contributed by atoms with Crippen LogP contribution in [0.4, 0.5) is 13.2 Å². The molecule has 11 fully saturated rings. The summed E-state index contributed by atoms with van der Waals surface area (Å²) in [7, 11) is 0. The summed E-state index contributed by atoms with van der Waals surface area (Å²) < 4.78 is 74.6. The van der Waals surface area contributed by atoms with Crippen molar-refractivity contribution in [2.75, 3.05) is 19.1 Å². The molecule has 89 heavy (non-hydrogen) atoms. The number of aliphatic hydroxyl groups excluding tert-OH is 5. The van der Waals surface area contributed by atoms with Crippen LogP contribution in [-0.2, 0) is 47.7 Å². The maximum absolute atomic E-state index is 17.2. The molecule has 0 aromatic heterocycles. The van der Waals surface area contributed by atoms with E-state index in [1.165, 1.54) is 24.6 Å². The highest BCUT2D eigenvalue weighted by Crippen LogP contribution is 2.76. The van der Waals surface area contributed by atoms with Gasteiger partial charge in [0.2, 0.25) is 0 Å². The van der Waals surface area contributed by atoms with Gasteiger partial charge in [-0.2, -0.15) is 0 Å². The second kappa shape index (κ2) is 20.8. The highest BCUT2D eigenvalue weighted by atomic mass is 35.5. The third kappa shape index (κ3) is 8.38. The number of aliphatic hydroxyl groups is 6. The Morgan fingerprint density at radius 2 is 1.15 bits per heavy atom. The van der Waals surface area contributed by atoms with Crippen LogP contribution in [-0.4, -0.2) is 161 Å². The Labute approximate surface area is 524 Å². The van der Waals surface area contributed by atoms with Crippen LogP contribution in [0.15, 0.2) is 47.1 Å². The van der Waals surface area contributed by atoms with Crippen LogP contribution in [0.5, 0.6) is 0 Å². The van der Waals surface area contributed by atoms with E-state index in [1.54, 1.807) is 46.8 Å². The van der Waals surface area contributed by atoms with Gasteiger partial charge >= 0.3 is 0 Å². The Morgan fingerprint density at radius 3 is 1.73 bits per heavy atom. The lowest BCUT2D eigenvalue weighted by Crippen LogP contribution is -2.71. The first-order valence-electron chi connectivity index (χ1n) is 32.6. The smallest absolute Gasteiger partial charge is 0.193 e. The Balaban J connectivity index is 0.000000130. The second-order valence-electron chi connectivity index (χ2n) is 31.8. The summed E-state index contributed by atoms with van der Waals surface area (Å²) in [4.78, 5) is 74.6. The number of hydrogen-bond acceptors (Lipinski definition) is 16. The highest BCUT2D eigenvalue weighted by molar-refractivity contribution is 6.29. The first-order valence-corrected chi connectivity index (χ1v) is 33.2. The first kappa shape index (κ1) is 65.7. The number of carbonyl (C=O) groups excluding carboxylic acids is 6. The lowest BCUT2D eigenvalue weighted by Gasteiger charge is -2.63. The van der Waals surface area contributed by atoms with Crippen molar-refractivity contribution in [3.8, 4) is 0 Å². The molecule has 492 valence electrons. The van der Waals surface area contributed by atoms with Crippen molar-refractivity contribution in [2.24, 2.45) is 73.9 Å². The number of ether oxygens (including phenoxy) is 4. The van der Waals surface area contributed by atoms with Crippen molar-refractivity contribution >= 4 is 46.3 Å². The normalized spacial score (nSPS) is 52.2. The molecule has 20 heteroatoms. The summed E-state index contributed by atoms with van der Waals surface area (Å²) >= 11 is 6.05. The number of hydrogen-bond donors (Lipinski definition) is 6. The minimum atomic E-state index is -2.24. The van der Waals surface area contributed by atoms with Crippen molar-refractivity contribution in [1.29, 1.82) is 0 Å². The van der Waals surface area contributed by atoms with Gasteiger partial charge < -0.3 is 49.6 Å². The van der Waals surface area contributed by atoms with E-state index in [1.807, 2.05) is 20.8 Å². The SMILES string of the molecule is CC1(C)O[C@@H]2C[C@H]3[C@@H]4CCC5=CC(=O)CC[C@]5(C)[C@@]4(F)[C@@H](O)C[C@]3(C)[C@]2(C(=O)CCl)O1.CC1(C)O[C@@H]2C[C@H]3[C@@H]4C[C@H](F)C5=CC(=O)C=C[C@]5(C)[C@@]4(F)[C@@H](O)C[C@]3(C)[C@]2(C(=O)CO)O1.C[C@]12CCC(=O)C=C1CC[C@@H]1[C@@H]2[C@@H](O)C[C@@]2(C)[C@H]1CC[C@]2(O)C(=O)CO. The highest BCUT2D eigenvalue weighted by Gasteiger charge is 2.83. The van der Waals surface area contributed by atoms with Gasteiger partial charge in [0.05, 0.1) is 36.4 Å². The van der Waals surface area contributed by atoms with Gasteiger partial charge in [-0.1, -0.05) is 51.8 Å². The zero-order valence-corrected chi connectivity index (χ0v) is 53.9. The molecule has 14 rings (SSSR count). The molecule has 0 aromatic carbocycles. The van der Waals surface area contributed by atoms with Crippen molar-refractivity contribution in [1.82, 2.24) is 0 Å². The number of carbonyl (C=O) groups is 6. The molecule has 0 unspecified atom stereocenters. The second-order valence-corrected chi connectivity index (χ2v) is 32.1. The number of allylic oxidation sites excluding steroid dienone is 6. The third-order valence-electron chi connectivity index (χ3n) is 27.4. The summed E-state index contributed by atoms with van der Waals surface area (Å²) in [6, 6.07) is 0. The van der Waals surface area contributed by atoms with Crippen molar-refractivity contribution in [2.45, 2.75) is 248 Å². The Bertz CT molecular complexity index is 3180. The average molecular weight is 1270 g/mol. The largest absolute Gasteiger partial charge is 0.393 e. The Kier molecular flexibility index (Phi) is 15.4. The topological polar surface area (TPSA) is 261 Å². The van der Waals surface area contributed by atoms with Crippen LogP contribution in [0.1, 0.15) is 172 Å². The standard InChI is InChI=1S/C24H32ClFO5.C24H30F2O6.C21H30O5/c1-20(2)30-19-10-16-15-6-5-13-9-14(27)7-8-21(13,3)23(15,26)17(28)11-22(16,4)24(19,31-20)18(29)12-25;1-20(2)31-19-9-13-14-8-16(25)15-7-12(28)5-6-21(15,3)23(14,26)17(29)10-22(13,4)24(19,32-20)18(30)11-27;1-19-7-5-13(23)9-12(19)3-4-14-15-6-8-21(26,17(25)11-22)20(15,2)10-16(24)18(14)19/h9,15-17,19,28H,5-8,10-12H2,1-4H3;5-7,13-14,16-17,19,27,29H,8-11H2,1-4H3;9,14-16,18,22,24,26H,3-8,10-11H2,1-2H3/t15-,16-,17-,19+,21-,22-,23-,24+;13-,14-,16-,17-,19+,21-,22-,23-,24+;14-,15-,16-,18+,19-,20-,21-/m000/s1. The van der Waals surface area contributed by atoms with Gasteiger partial charge in [-0.15, -0.1) is 11.6 Å². The number of alkyl halides is 4. The molecule has 0 bridgehead atoms. The molecule has 0 spiro atoms. The number of halogens is 4. The molecule has 2 heterocycles. The van der Waals surface area contributed by atoms with E-state index in [0.29, 0.717) is 51.4 Å². The minimum Gasteiger partial charge on any atom is -0.393 e. The molecule has 14 aliphatic rings.